The van der Waals surface area contributed by atoms with Gasteiger partial charge in [-0.2, -0.15) is 0 Å². The molecule has 0 aromatic heterocycles. The molecule has 124 valence electrons. The number of benzene rings is 1. The van der Waals surface area contributed by atoms with E-state index in [-0.39, 0.29) is 17.6 Å². The van der Waals surface area contributed by atoms with E-state index in [4.69, 9.17) is 16.3 Å². The van der Waals surface area contributed by atoms with E-state index in [1.54, 1.807) is 0 Å². The minimum absolute atomic E-state index is 0.0731. The summed E-state index contributed by atoms with van der Waals surface area (Å²) in [4.78, 5) is 23.6. The Kier molecular flexibility index (Phi) is 4.85. The van der Waals surface area contributed by atoms with Crippen LogP contribution in [0.5, 0.6) is 0 Å². The molecule has 0 heterocycles. The number of hydrogen-bond acceptors (Lipinski definition) is 3. The molecule has 2 aliphatic carbocycles. The largest absolute Gasteiger partial charge is 0.456 e. The van der Waals surface area contributed by atoms with Gasteiger partial charge in [0, 0.05) is 12.1 Å². The van der Waals surface area contributed by atoms with Crippen molar-refractivity contribution in [3.63, 3.8) is 0 Å². The third-order valence-electron chi connectivity index (χ3n) is 4.88. The van der Waals surface area contributed by atoms with Crippen molar-refractivity contribution in [2.75, 3.05) is 11.9 Å². The van der Waals surface area contributed by atoms with Crippen molar-refractivity contribution in [3.8, 4) is 0 Å². The first-order valence-electron chi connectivity index (χ1n) is 7.92. The molecule has 4 nitrogen and oxygen atoms in total. The smallest absolute Gasteiger partial charge is 0.306 e. The number of rotatable bonds is 5. The van der Waals surface area contributed by atoms with Crippen LogP contribution in [0.2, 0.25) is 5.02 Å². The zero-order chi connectivity index (χ0) is 16.4. The van der Waals surface area contributed by atoms with Crippen LogP contribution in [0.1, 0.15) is 32.1 Å². The average Bonchev–Trinajstić information content (AvgIpc) is 3.12. The number of carbonyl (C=O) groups is 2. The zero-order valence-corrected chi connectivity index (χ0v) is 13.4. The fourth-order valence-corrected chi connectivity index (χ4v) is 4.00. The molecule has 3 atom stereocenters. The fraction of sp³-hybridized carbons (Fsp3) is 0.529. The van der Waals surface area contributed by atoms with Gasteiger partial charge in [0.05, 0.1) is 5.02 Å². The maximum absolute atomic E-state index is 13.0. The van der Waals surface area contributed by atoms with Crippen LogP contribution in [0.25, 0.3) is 0 Å². The Morgan fingerprint density at radius 3 is 2.78 bits per heavy atom. The molecule has 0 unspecified atom stereocenters. The minimum Gasteiger partial charge on any atom is -0.456 e. The lowest BCUT2D eigenvalue weighted by Gasteiger charge is -2.20. The predicted octanol–water partition coefficient (Wildman–Crippen LogP) is 3.79. The molecular weight excluding hydrogens is 321 g/mol. The van der Waals surface area contributed by atoms with E-state index in [0.29, 0.717) is 23.9 Å². The number of amides is 1. The summed E-state index contributed by atoms with van der Waals surface area (Å²) in [6, 6.07) is 3.88. The summed E-state index contributed by atoms with van der Waals surface area (Å²) >= 11 is 5.64. The van der Waals surface area contributed by atoms with Crippen LogP contribution in [0.4, 0.5) is 10.1 Å². The fourth-order valence-electron chi connectivity index (χ4n) is 3.82. The Morgan fingerprint density at radius 1 is 1.30 bits per heavy atom. The van der Waals surface area contributed by atoms with Gasteiger partial charge in [0.25, 0.3) is 5.91 Å². The van der Waals surface area contributed by atoms with Crippen LogP contribution >= 0.6 is 11.6 Å². The number of anilines is 1. The van der Waals surface area contributed by atoms with Crippen molar-refractivity contribution in [3.05, 3.63) is 29.0 Å². The van der Waals surface area contributed by atoms with Crippen LogP contribution in [-0.4, -0.2) is 18.5 Å². The highest BCUT2D eigenvalue weighted by Gasteiger charge is 2.40. The summed E-state index contributed by atoms with van der Waals surface area (Å²) < 4.78 is 18.1. The molecular formula is C17H19ClFNO3. The van der Waals surface area contributed by atoms with Crippen LogP contribution in [0.15, 0.2) is 18.2 Å². The van der Waals surface area contributed by atoms with Crippen molar-refractivity contribution in [2.24, 2.45) is 17.8 Å². The second-order valence-electron chi connectivity index (χ2n) is 6.48. The van der Waals surface area contributed by atoms with Crippen molar-refractivity contribution in [1.82, 2.24) is 0 Å². The standard InChI is InChI=1S/C17H19ClFNO3/c18-14-8-13(3-4-15(14)19)20-16(21)9-23-17(22)7-12-6-10-1-2-11(12)5-10/h3-4,8,10-12H,1-2,5-7,9H2,(H,20,21)/t10-,11+,12+/m0/s1. The first-order valence-corrected chi connectivity index (χ1v) is 8.29. The van der Waals surface area contributed by atoms with Crippen molar-refractivity contribution < 1.29 is 18.7 Å². The van der Waals surface area contributed by atoms with Crippen molar-refractivity contribution >= 4 is 29.2 Å². The molecule has 1 aromatic rings. The van der Waals surface area contributed by atoms with E-state index in [1.165, 1.54) is 37.5 Å². The highest BCUT2D eigenvalue weighted by Crippen LogP contribution is 2.49. The molecule has 0 saturated heterocycles. The molecule has 0 radical (unpaired) electrons. The van der Waals surface area contributed by atoms with Gasteiger partial charge in [0.15, 0.2) is 6.61 Å². The van der Waals surface area contributed by atoms with Crippen molar-refractivity contribution in [1.29, 1.82) is 0 Å². The summed E-state index contributed by atoms with van der Waals surface area (Å²) in [5, 5.41) is 2.45. The van der Waals surface area contributed by atoms with Gasteiger partial charge in [-0.15, -0.1) is 0 Å². The SMILES string of the molecule is O=C(COC(=O)C[C@H]1C[C@H]2CC[C@@H]1C2)Nc1ccc(F)c(Cl)c1. The summed E-state index contributed by atoms with van der Waals surface area (Å²) in [5.41, 5.74) is 0.366. The monoisotopic (exact) mass is 339 g/mol. The third kappa shape index (κ3) is 4.02. The van der Waals surface area contributed by atoms with E-state index in [9.17, 15) is 14.0 Å². The van der Waals surface area contributed by atoms with Gasteiger partial charge < -0.3 is 10.1 Å². The van der Waals surface area contributed by atoms with E-state index < -0.39 is 11.7 Å². The Morgan fingerprint density at radius 2 is 2.13 bits per heavy atom. The molecule has 2 fully saturated rings. The van der Waals surface area contributed by atoms with Crippen LogP contribution in [0.3, 0.4) is 0 Å². The molecule has 2 bridgehead atoms. The molecule has 1 amide bonds. The molecule has 0 aliphatic heterocycles. The Labute approximate surface area is 139 Å². The number of halogens is 2. The molecule has 6 heteroatoms. The van der Waals surface area contributed by atoms with Crippen molar-refractivity contribution in [2.45, 2.75) is 32.1 Å². The number of esters is 1. The van der Waals surface area contributed by atoms with Crippen LogP contribution in [-0.2, 0) is 14.3 Å². The number of ether oxygens (including phenoxy) is 1. The first-order chi connectivity index (χ1) is 11.0. The second-order valence-corrected chi connectivity index (χ2v) is 6.88. The van der Waals surface area contributed by atoms with E-state index >= 15 is 0 Å². The van der Waals surface area contributed by atoms with Gasteiger partial charge in [0.1, 0.15) is 5.82 Å². The molecule has 0 spiro atoms. The summed E-state index contributed by atoms with van der Waals surface area (Å²) in [6.07, 6.45) is 5.26. The molecule has 1 N–H and O–H groups in total. The van der Waals surface area contributed by atoms with Gasteiger partial charge in [-0.1, -0.05) is 18.0 Å². The highest BCUT2D eigenvalue weighted by atomic mass is 35.5. The maximum atomic E-state index is 13.0. The quantitative estimate of drug-likeness (QED) is 0.830. The zero-order valence-electron chi connectivity index (χ0n) is 12.7. The third-order valence-corrected chi connectivity index (χ3v) is 5.17. The van der Waals surface area contributed by atoms with Gasteiger partial charge in [-0.3, -0.25) is 9.59 Å². The van der Waals surface area contributed by atoms with Gasteiger partial charge in [-0.25, -0.2) is 4.39 Å². The van der Waals surface area contributed by atoms with E-state index in [0.717, 1.165) is 12.3 Å². The number of hydrogen-bond donors (Lipinski definition) is 1. The minimum atomic E-state index is -0.554. The lowest BCUT2D eigenvalue weighted by Crippen LogP contribution is -2.23. The van der Waals surface area contributed by atoms with Crippen LogP contribution in [0, 0.1) is 23.6 Å². The lowest BCUT2D eigenvalue weighted by atomic mass is 9.86. The second kappa shape index (κ2) is 6.87. The maximum Gasteiger partial charge on any atom is 0.306 e. The highest BCUT2D eigenvalue weighted by molar-refractivity contribution is 6.31. The topological polar surface area (TPSA) is 55.4 Å². The predicted molar refractivity (Wildman–Crippen MR) is 84.6 cm³/mol. The average molecular weight is 340 g/mol. The molecule has 1 aromatic carbocycles. The van der Waals surface area contributed by atoms with E-state index in [1.807, 2.05) is 0 Å². The Balaban J connectivity index is 1.41. The van der Waals surface area contributed by atoms with E-state index in [2.05, 4.69) is 5.32 Å². The number of fused-ring (bicyclic) bond motifs is 2. The van der Waals surface area contributed by atoms with Crippen LogP contribution < -0.4 is 5.32 Å². The number of nitrogens with one attached hydrogen (secondary N) is 1. The first kappa shape index (κ1) is 16.2. The van der Waals surface area contributed by atoms with Gasteiger partial charge in [-0.05, 0) is 55.2 Å². The molecule has 2 aliphatic rings. The summed E-state index contributed by atoms with van der Waals surface area (Å²) in [7, 11) is 0. The summed E-state index contributed by atoms with van der Waals surface area (Å²) in [6.45, 7) is -0.339. The summed E-state index contributed by atoms with van der Waals surface area (Å²) in [5.74, 6) is 0.512. The van der Waals surface area contributed by atoms with Gasteiger partial charge >= 0.3 is 5.97 Å². The Bertz CT molecular complexity index is 622. The normalized spacial score (nSPS) is 25.4. The van der Waals surface area contributed by atoms with Gasteiger partial charge in [0.2, 0.25) is 0 Å². The Hall–Kier alpha value is -1.62. The molecule has 23 heavy (non-hydrogen) atoms. The molecule has 3 rings (SSSR count). The molecule has 2 saturated carbocycles. The number of carbonyl (C=O) groups excluding carboxylic acids is 2. The lowest BCUT2D eigenvalue weighted by molar-refractivity contribution is -0.148.